The summed E-state index contributed by atoms with van der Waals surface area (Å²) in [5, 5.41) is -0.858. The predicted octanol–water partition coefficient (Wildman–Crippen LogP) is 2.42. The van der Waals surface area contributed by atoms with E-state index in [1.807, 2.05) is 0 Å². The highest BCUT2D eigenvalue weighted by molar-refractivity contribution is 6.68. The molecular weight excluding hydrogens is 244 g/mol. The zero-order valence-electron chi connectivity index (χ0n) is 8.46. The highest BCUT2D eigenvalue weighted by Crippen LogP contribution is 2.38. The number of ether oxygens (including phenoxy) is 2. The minimum Gasteiger partial charge on any atom is -0.492 e. The van der Waals surface area contributed by atoms with Gasteiger partial charge in [-0.05, 0) is 11.6 Å². The minimum absolute atomic E-state index is 0.120. The fourth-order valence-electron chi connectivity index (χ4n) is 1.19. The Morgan fingerprint density at radius 1 is 1.38 bits per heavy atom. The van der Waals surface area contributed by atoms with Crippen molar-refractivity contribution in [1.82, 2.24) is 4.98 Å². The number of pyridine rings is 1. The summed E-state index contributed by atoms with van der Waals surface area (Å²) in [5.74, 6) is -0.434. The van der Waals surface area contributed by atoms with Crippen LogP contribution in [0.1, 0.15) is 22.5 Å². The van der Waals surface area contributed by atoms with Gasteiger partial charge in [0.25, 0.3) is 11.7 Å². The fourth-order valence-corrected chi connectivity index (χ4v) is 1.32. The van der Waals surface area contributed by atoms with E-state index in [1.165, 1.54) is 14.2 Å². The first-order valence-corrected chi connectivity index (χ1v) is 4.49. The Kier molecular flexibility index (Phi) is 4.00. The molecule has 88 valence electrons. The Labute approximate surface area is 95.1 Å². The van der Waals surface area contributed by atoms with Crippen LogP contribution in [0.4, 0.5) is 8.78 Å². The van der Waals surface area contributed by atoms with Crippen LogP contribution in [0.3, 0.4) is 0 Å². The number of methoxy groups -OCH3 is 2. The molecule has 0 radical (unpaired) electrons. The van der Waals surface area contributed by atoms with Crippen molar-refractivity contribution < 1.29 is 23.0 Å². The maximum atomic E-state index is 12.5. The van der Waals surface area contributed by atoms with Crippen LogP contribution in [0.5, 0.6) is 11.5 Å². The Balaban J connectivity index is 3.46. The molecule has 1 aromatic rings. The first-order chi connectivity index (χ1) is 7.52. The molecule has 4 nitrogen and oxygen atoms in total. The SMILES string of the molecule is COc1c(C(=O)Cl)cnc(C(F)F)c1OC. The average molecular weight is 252 g/mol. The summed E-state index contributed by atoms with van der Waals surface area (Å²) in [6.45, 7) is 0. The molecule has 16 heavy (non-hydrogen) atoms. The molecule has 0 fully saturated rings. The van der Waals surface area contributed by atoms with Gasteiger partial charge >= 0.3 is 0 Å². The van der Waals surface area contributed by atoms with Crippen molar-refractivity contribution in [3.8, 4) is 11.5 Å². The lowest BCUT2D eigenvalue weighted by atomic mass is 10.2. The Morgan fingerprint density at radius 2 is 1.94 bits per heavy atom. The molecule has 0 aliphatic rings. The number of hydrogen-bond donors (Lipinski definition) is 0. The van der Waals surface area contributed by atoms with Crippen LogP contribution in [0.25, 0.3) is 0 Å². The lowest BCUT2D eigenvalue weighted by molar-refractivity contribution is 0.107. The lowest BCUT2D eigenvalue weighted by Crippen LogP contribution is -2.04. The number of hydrogen-bond acceptors (Lipinski definition) is 4. The summed E-state index contributed by atoms with van der Waals surface area (Å²) in [4.78, 5) is 14.4. The second kappa shape index (κ2) is 5.07. The molecule has 7 heteroatoms. The third kappa shape index (κ3) is 2.21. The Bertz CT molecular complexity index is 412. The summed E-state index contributed by atoms with van der Waals surface area (Å²) in [5.41, 5.74) is -0.716. The van der Waals surface area contributed by atoms with Crippen molar-refractivity contribution in [2.24, 2.45) is 0 Å². The van der Waals surface area contributed by atoms with Gasteiger partial charge in [0.1, 0.15) is 0 Å². The van der Waals surface area contributed by atoms with Crippen LogP contribution in [-0.4, -0.2) is 24.4 Å². The molecule has 0 aliphatic heterocycles. The summed E-state index contributed by atoms with van der Waals surface area (Å²) < 4.78 is 34.7. The normalized spacial score (nSPS) is 10.4. The third-order valence-electron chi connectivity index (χ3n) is 1.84. The van der Waals surface area contributed by atoms with E-state index < -0.39 is 17.4 Å². The molecule has 0 aromatic carbocycles. The van der Waals surface area contributed by atoms with E-state index in [2.05, 4.69) is 4.98 Å². The van der Waals surface area contributed by atoms with E-state index in [1.54, 1.807) is 0 Å². The monoisotopic (exact) mass is 251 g/mol. The topological polar surface area (TPSA) is 48.4 Å². The molecule has 0 saturated heterocycles. The molecule has 0 unspecified atom stereocenters. The van der Waals surface area contributed by atoms with Crippen molar-refractivity contribution in [3.63, 3.8) is 0 Å². The molecule has 1 rings (SSSR count). The van der Waals surface area contributed by atoms with Crippen LogP contribution in [0.2, 0.25) is 0 Å². The zero-order valence-corrected chi connectivity index (χ0v) is 9.22. The molecule has 0 atom stereocenters. The van der Waals surface area contributed by atoms with Crippen LogP contribution in [0.15, 0.2) is 6.20 Å². The third-order valence-corrected chi connectivity index (χ3v) is 2.05. The molecular formula is C9H8ClF2NO3. The van der Waals surface area contributed by atoms with Gasteiger partial charge in [-0.15, -0.1) is 0 Å². The summed E-state index contributed by atoms with van der Waals surface area (Å²) in [7, 11) is 2.39. The molecule has 1 aromatic heterocycles. The summed E-state index contributed by atoms with van der Waals surface area (Å²) >= 11 is 5.25. The van der Waals surface area contributed by atoms with Gasteiger partial charge in [0.2, 0.25) is 0 Å². The van der Waals surface area contributed by atoms with Crippen LogP contribution < -0.4 is 9.47 Å². The Morgan fingerprint density at radius 3 is 2.31 bits per heavy atom. The first kappa shape index (κ1) is 12.6. The van der Waals surface area contributed by atoms with Crippen molar-refractivity contribution in [2.75, 3.05) is 14.2 Å². The van der Waals surface area contributed by atoms with Crippen LogP contribution >= 0.6 is 11.6 Å². The predicted molar refractivity (Wildman–Crippen MR) is 52.5 cm³/mol. The van der Waals surface area contributed by atoms with Gasteiger partial charge in [0.15, 0.2) is 17.2 Å². The van der Waals surface area contributed by atoms with Crippen molar-refractivity contribution in [2.45, 2.75) is 6.43 Å². The standard InChI is InChI=1S/C9H8ClF2NO3/c1-15-6-4(8(10)14)3-13-5(9(11)12)7(6)16-2/h3,9H,1-2H3. The number of halogens is 3. The van der Waals surface area contributed by atoms with E-state index in [9.17, 15) is 13.6 Å². The minimum atomic E-state index is -2.83. The number of carbonyl (C=O) groups is 1. The second-order valence-corrected chi connectivity index (χ2v) is 3.04. The highest BCUT2D eigenvalue weighted by atomic mass is 35.5. The van der Waals surface area contributed by atoms with Crippen molar-refractivity contribution in [3.05, 3.63) is 17.5 Å². The lowest BCUT2D eigenvalue weighted by Gasteiger charge is -2.13. The smallest absolute Gasteiger partial charge is 0.284 e. The fraction of sp³-hybridized carbons (Fsp3) is 0.333. The maximum absolute atomic E-state index is 12.5. The second-order valence-electron chi connectivity index (χ2n) is 2.70. The van der Waals surface area contributed by atoms with E-state index in [0.717, 1.165) is 6.20 Å². The van der Waals surface area contributed by atoms with Gasteiger partial charge in [0, 0.05) is 6.20 Å². The van der Waals surface area contributed by atoms with E-state index in [4.69, 9.17) is 21.1 Å². The molecule has 0 spiro atoms. The Hall–Kier alpha value is -1.43. The molecule has 0 saturated carbocycles. The summed E-state index contributed by atoms with van der Waals surface area (Å²) in [6.07, 6.45) is -1.90. The maximum Gasteiger partial charge on any atom is 0.284 e. The zero-order chi connectivity index (χ0) is 12.3. The van der Waals surface area contributed by atoms with Gasteiger partial charge in [-0.3, -0.25) is 9.78 Å². The molecule has 0 N–H and O–H groups in total. The number of carbonyl (C=O) groups excluding carboxylic acids is 1. The van der Waals surface area contributed by atoms with Crippen molar-refractivity contribution >= 4 is 16.8 Å². The largest absolute Gasteiger partial charge is 0.492 e. The molecule has 0 amide bonds. The van der Waals surface area contributed by atoms with E-state index >= 15 is 0 Å². The molecule has 0 aliphatic carbocycles. The molecule has 0 bridgehead atoms. The molecule has 1 heterocycles. The average Bonchev–Trinajstić information content (AvgIpc) is 2.26. The highest BCUT2D eigenvalue weighted by Gasteiger charge is 2.24. The van der Waals surface area contributed by atoms with Gasteiger partial charge in [-0.25, -0.2) is 8.78 Å². The van der Waals surface area contributed by atoms with E-state index in [0.29, 0.717) is 0 Å². The van der Waals surface area contributed by atoms with Crippen LogP contribution in [-0.2, 0) is 0 Å². The van der Waals surface area contributed by atoms with E-state index in [-0.39, 0.29) is 17.1 Å². The van der Waals surface area contributed by atoms with Crippen molar-refractivity contribution in [1.29, 1.82) is 0 Å². The van der Waals surface area contributed by atoms with Gasteiger partial charge in [-0.2, -0.15) is 0 Å². The number of nitrogens with zero attached hydrogens (tertiary/aromatic N) is 1. The van der Waals surface area contributed by atoms with Gasteiger partial charge in [0.05, 0.1) is 19.8 Å². The first-order valence-electron chi connectivity index (χ1n) is 4.11. The summed E-state index contributed by atoms with van der Waals surface area (Å²) in [6, 6.07) is 0. The number of rotatable bonds is 4. The van der Waals surface area contributed by atoms with Gasteiger partial charge in [-0.1, -0.05) is 0 Å². The van der Waals surface area contributed by atoms with Crippen LogP contribution in [0, 0.1) is 0 Å². The number of alkyl halides is 2. The van der Waals surface area contributed by atoms with Gasteiger partial charge < -0.3 is 9.47 Å². The number of aromatic nitrogens is 1. The quantitative estimate of drug-likeness (QED) is 0.771.